The minimum absolute atomic E-state index is 0.826. The van der Waals surface area contributed by atoms with Crippen LogP contribution in [0.15, 0.2) is 61.2 Å². The second-order valence-electron chi connectivity index (χ2n) is 5.29. The minimum Gasteiger partial charge on any atom is -0.381 e. The molecule has 0 amide bonds. The molecular weight excluding hydrogens is 258 g/mol. The summed E-state index contributed by atoms with van der Waals surface area (Å²) >= 11 is 0. The summed E-state index contributed by atoms with van der Waals surface area (Å²) in [5.74, 6) is 0. The molecule has 0 aliphatic rings. The van der Waals surface area contributed by atoms with Crippen molar-refractivity contribution >= 4 is 5.69 Å². The van der Waals surface area contributed by atoms with Crippen LogP contribution in [0.5, 0.6) is 0 Å². The highest BCUT2D eigenvalue weighted by Crippen LogP contribution is 2.16. The summed E-state index contributed by atoms with van der Waals surface area (Å²) in [6.07, 6.45) is 5.54. The van der Waals surface area contributed by atoms with E-state index in [9.17, 15) is 0 Å². The summed E-state index contributed by atoms with van der Waals surface area (Å²) in [5.41, 5.74) is 6.19. The number of hydrogen-bond donors (Lipinski definition) is 1. The molecule has 106 valence electrons. The van der Waals surface area contributed by atoms with E-state index in [0.29, 0.717) is 0 Å². The smallest absolute Gasteiger partial charge is 0.0991 e. The zero-order valence-electron chi connectivity index (χ0n) is 12.4. The van der Waals surface area contributed by atoms with Crippen LogP contribution in [0, 0.1) is 13.8 Å². The largest absolute Gasteiger partial charge is 0.381 e. The molecule has 1 N–H and O–H groups in total. The molecule has 21 heavy (non-hydrogen) atoms. The molecule has 1 heterocycles. The van der Waals surface area contributed by atoms with E-state index in [4.69, 9.17) is 0 Å². The van der Waals surface area contributed by atoms with E-state index in [0.717, 1.165) is 17.9 Å². The molecule has 0 aliphatic carbocycles. The summed E-state index contributed by atoms with van der Waals surface area (Å²) in [5, 5.41) is 3.46. The zero-order valence-corrected chi connectivity index (χ0v) is 12.4. The van der Waals surface area contributed by atoms with E-state index >= 15 is 0 Å². The highest BCUT2D eigenvalue weighted by atomic mass is 15.0. The van der Waals surface area contributed by atoms with Gasteiger partial charge in [0.1, 0.15) is 0 Å². The van der Waals surface area contributed by atoms with Crippen molar-refractivity contribution in [2.24, 2.45) is 0 Å². The van der Waals surface area contributed by atoms with Crippen LogP contribution in [-0.2, 0) is 6.54 Å². The van der Waals surface area contributed by atoms with Crippen LogP contribution in [0.4, 0.5) is 5.69 Å². The summed E-state index contributed by atoms with van der Waals surface area (Å²) in [7, 11) is 0. The molecule has 3 rings (SSSR count). The van der Waals surface area contributed by atoms with Crippen LogP contribution >= 0.6 is 0 Å². The van der Waals surface area contributed by atoms with Gasteiger partial charge in [0.15, 0.2) is 0 Å². The van der Waals surface area contributed by atoms with E-state index < -0.39 is 0 Å². The Morgan fingerprint density at radius 2 is 1.81 bits per heavy atom. The first-order valence-corrected chi connectivity index (χ1v) is 7.11. The Morgan fingerprint density at radius 3 is 2.48 bits per heavy atom. The molecule has 0 spiro atoms. The lowest BCUT2D eigenvalue weighted by Gasteiger charge is -2.09. The van der Waals surface area contributed by atoms with Gasteiger partial charge < -0.3 is 9.88 Å². The molecule has 0 saturated heterocycles. The Morgan fingerprint density at radius 1 is 1.00 bits per heavy atom. The quantitative estimate of drug-likeness (QED) is 0.778. The standard InChI is InChI=1S/C18H19N3/c1-14-3-6-17(11-15(14)2)20-12-16-4-7-18(8-5-16)21-10-9-19-13-21/h3-11,13,20H,12H2,1-2H3. The molecule has 3 heteroatoms. The van der Waals surface area contributed by atoms with E-state index in [1.807, 2.05) is 17.1 Å². The van der Waals surface area contributed by atoms with Gasteiger partial charge in [0, 0.05) is 30.3 Å². The highest BCUT2D eigenvalue weighted by Gasteiger charge is 1.99. The van der Waals surface area contributed by atoms with Gasteiger partial charge in [0.05, 0.1) is 6.33 Å². The average Bonchev–Trinajstić information content (AvgIpc) is 3.03. The van der Waals surface area contributed by atoms with Gasteiger partial charge in [-0.1, -0.05) is 18.2 Å². The second kappa shape index (κ2) is 5.83. The van der Waals surface area contributed by atoms with Gasteiger partial charge in [-0.15, -0.1) is 0 Å². The van der Waals surface area contributed by atoms with Crippen molar-refractivity contribution in [1.82, 2.24) is 9.55 Å². The number of anilines is 1. The van der Waals surface area contributed by atoms with Crippen molar-refractivity contribution in [1.29, 1.82) is 0 Å². The Bertz CT molecular complexity index is 713. The third-order valence-corrected chi connectivity index (χ3v) is 3.74. The molecule has 0 atom stereocenters. The monoisotopic (exact) mass is 277 g/mol. The lowest BCUT2D eigenvalue weighted by atomic mass is 10.1. The maximum atomic E-state index is 4.06. The fraction of sp³-hybridized carbons (Fsp3) is 0.167. The number of rotatable bonds is 4. The van der Waals surface area contributed by atoms with Gasteiger partial charge in [-0.25, -0.2) is 4.98 Å². The summed E-state index contributed by atoms with van der Waals surface area (Å²) in [6, 6.07) is 15.0. The first-order valence-electron chi connectivity index (χ1n) is 7.11. The first kappa shape index (κ1) is 13.4. The fourth-order valence-corrected chi connectivity index (χ4v) is 2.25. The van der Waals surface area contributed by atoms with Gasteiger partial charge in [-0.3, -0.25) is 0 Å². The molecular formula is C18H19N3. The van der Waals surface area contributed by atoms with Gasteiger partial charge in [-0.2, -0.15) is 0 Å². The van der Waals surface area contributed by atoms with Crippen LogP contribution in [0.1, 0.15) is 16.7 Å². The lowest BCUT2D eigenvalue weighted by molar-refractivity contribution is 1.05. The third kappa shape index (κ3) is 3.14. The average molecular weight is 277 g/mol. The molecule has 3 nitrogen and oxygen atoms in total. The van der Waals surface area contributed by atoms with Gasteiger partial charge in [0.2, 0.25) is 0 Å². The fourth-order valence-electron chi connectivity index (χ4n) is 2.25. The molecule has 1 aromatic heterocycles. The first-order chi connectivity index (χ1) is 10.2. The molecule has 0 unspecified atom stereocenters. The molecule has 0 bridgehead atoms. The maximum Gasteiger partial charge on any atom is 0.0991 e. The number of hydrogen-bond acceptors (Lipinski definition) is 2. The van der Waals surface area contributed by atoms with Crippen molar-refractivity contribution in [2.75, 3.05) is 5.32 Å². The van der Waals surface area contributed by atoms with E-state index in [1.165, 1.54) is 16.7 Å². The van der Waals surface area contributed by atoms with E-state index in [2.05, 4.69) is 66.6 Å². The predicted molar refractivity (Wildman–Crippen MR) is 86.8 cm³/mol. The van der Waals surface area contributed by atoms with Crippen molar-refractivity contribution in [3.05, 3.63) is 77.9 Å². The Hall–Kier alpha value is -2.55. The minimum atomic E-state index is 0.826. The van der Waals surface area contributed by atoms with Crippen LogP contribution in [0.2, 0.25) is 0 Å². The van der Waals surface area contributed by atoms with E-state index in [1.54, 1.807) is 6.20 Å². The number of aryl methyl sites for hydroxylation is 2. The van der Waals surface area contributed by atoms with Crippen molar-refractivity contribution in [3.63, 3.8) is 0 Å². The van der Waals surface area contributed by atoms with Crippen molar-refractivity contribution in [3.8, 4) is 5.69 Å². The number of nitrogens with one attached hydrogen (secondary N) is 1. The predicted octanol–water partition coefficient (Wildman–Crippen LogP) is 4.10. The van der Waals surface area contributed by atoms with E-state index in [-0.39, 0.29) is 0 Å². The number of nitrogens with zero attached hydrogens (tertiary/aromatic N) is 2. The topological polar surface area (TPSA) is 29.9 Å². The molecule has 0 radical (unpaired) electrons. The van der Waals surface area contributed by atoms with Crippen molar-refractivity contribution in [2.45, 2.75) is 20.4 Å². The summed E-state index contributed by atoms with van der Waals surface area (Å²) < 4.78 is 2.00. The third-order valence-electron chi connectivity index (χ3n) is 3.74. The molecule has 3 aromatic rings. The molecule has 0 fully saturated rings. The molecule has 0 saturated carbocycles. The number of imidazole rings is 1. The summed E-state index contributed by atoms with van der Waals surface area (Å²) in [4.78, 5) is 4.06. The van der Waals surface area contributed by atoms with Crippen LogP contribution in [0.25, 0.3) is 5.69 Å². The SMILES string of the molecule is Cc1ccc(NCc2ccc(-n3ccnc3)cc2)cc1C. The van der Waals surface area contributed by atoms with Crippen LogP contribution < -0.4 is 5.32 Å². The van der Waals surface area contributed by atoms with Crippen LogP contribution in [0.3, 0.4) is 0 Å². The summed E-state index contributed by atoms with van der Waals surface area (Å²) in [6.45, 7) is 5.10. The van der Waals surface area contributed by atoms with Crippen LogP contribution in [-0.4, -0.2) is 9.55 Å². The molecule has 0 aliphatic heterocycles. The zero-order chi connectivity index (χ0) is 14.7. The normalized spacial score (nSPS) is 10.6. The Kier molecular flexibility index (Phi) is 3.73. The second-order valence-corrected chi connectivity index (χ2v) is 5.29. The lowest BCUT2D eigenvalue weighted by Crippen LogP contribution is -2.00. The highest BCUT2D eigenvalue weighted by molar-refractivity contribution is 5.48. The Balaban J connectivity index is 1.66. The number of benzene rings is 2. The van der Waals surface area contributed by atoms with Crippen molar-refractivity contribution < 1.29 is 0 Å². The number of aromatic nitrogens is 2. The molecule has 2 aromatic carbocycles. The maximum absolute atomic E-state index is 4.06. The van der Waals surface area contributed by atoms with Gasteiger partial charge in [0.25, 0.3) is 0 Å². The Labute approximate surface area is 125 Å². The van der Waals surface area contributed by atoms with Gasteiger partial charge >= 0.3 is 0 Å². The van der Waals surface area contributed by atoms with Gasteiger partial charge in [-0.05, 0) is 54.8 Å².